The number of carbonyl (C=O) groups is 1. The summed E-state index contributed by atoms with van der Waals surface area (Å²) < 4.78 is 0. The molecule has 0 amide bonds. The molecule has 2 rings (SSSR count). The molecule has 2 heterocycles. The monoisotopic (exact) mass is 176 g/mol. The maximum atomic E-state index is 11.5. The van der Waals surface area contributed by atoms with Crippen molar-refractivity contribution >= 4 is 11.6 Å². The first kappa shape index (κ1) is 8.23. The third-order valence-electron chi connectivity index (χ3n) is 2.27. The topological polar surface area (TPSA) is 42.0 Å². The summed E-state index contributed by atoms with van der Waals surface area (Å²) in [7, 11) is 0. The number of fused-ring (bicyclic) bond motifs is 1. The van der Waals surface area contributed by atoms with Crippen LogP contribution in [0.5, 0.6) is 0 Å². The summed E-state index contributed by atoms with van der Waals surface area (Å²) in [4.78, 5) is 15.8. The summed E-state index contributed by atoms with van der Waals surface area (Å²) in [6.07, 6.45) is 0.582. The average Bonchev–Trinajstić information content (AvgIpc) is 2.02. The molecule has 0 aromatic carbocycles. The minimum atomic E-state index is 0.207. The highest BCUT2D eigenvalue weighted by molar-refractivity contribution is 6.03. The number of hydrogen-bond acceptors (Lipinski definition) is 3. The molecule has 0 bridgehead atoms. The van der Waals surface area contributed by atoms with Crippen molar-refractivity contribution in [1.82, 2.24) is 4.98 Å². The van der Waals surface area contributed by atoms with Gasteiger partial charge in [-0.3, -0.25) is 4.79 Å². The molecule has 68 valence electrons. The van der Waals surface area contributed by atoms with Gasteiger partial charge in [0.25, 0.3) is 0 Å². The highest BCUT2D eigenvalue weighted by Gasteiger charge is 2.19. The Balaban J connectivity index is 2.63. The largest absolute Gasteiger partial charge is 0.369 e. The summed E-state index contributed by atoms with van der Waals surface area (Å²) in [5, 5.41) is 3.14. The number of nitrogens with one attached hydrogen (secondary N) is 1. The Hall–Kier alpha value is -1.38. The second kappa shape index (κ2) is 2.83. The van der Waals surface area contributed by atoms with Crippen molar-refractivity contribution in [2.75, 3.05) is 11.9 Å². The van der Waals surface area contributed by atoms with Gasteiger partial charge in [-0.05, 0) is 25.5 Å². The summed E-state index contributed by atoms with van der Waals surface area (Å²) in [5.41, 5.74) is 2.76. The van der Waals surface area contributed by atoms with Gasteiger partial charge in [-0.25, -0.2) is 4.98 Å². The molecule has 1 N–H and O–H groups in total. The summed E-state index contributed by atoms with van der Waals surface area (Å²) in [6.45, 7) is 4.61. The lowest BCUT2D eigenvalue weighted by Gasteiger charge is -2.18. The molecule has 0 atom stereocenters. The second-order valence-electron chi connectivity index (χ2n) is 3.40. The van der Waals surface area contributed by atoms with Gasteiger partial charge in [0.05, 0.1) is 5.56 Å². The van der Waals surface area contributed by atoms with E-state index in [-0.39, 0.29) is 5.78 Å². The number of aromatic nitrogens is 1. The van der Waals surface area contributed by atoms with Crippen LogP contribution in [0.25, 0.3) is 0 Å². The highest BCUT2D eigenvalue weighted by atomic mass is 16.1. The lowest BCUT2D eigenvalue weighted by molar-refractivity contribution is 0.0982. The van der Waals surface area contributed by atoms with Crippen LogP contribution in [0.4, 0.5) is 5.82 Å². The van der Waals surface area contributed by atoms with Crippen molar-refractivity contribution in [3.63, 3.8) is 0 Å². The Morgan fingerprint density at radius 1 is 1.46 bits per heavy atom. The zero-order chi connectivity index (χ0) is 9.42. The Labute approximate surface area is 77.2 Å². The highest BCUT2D eigenvalue weighted by Crippen LogP contribution is 2.23. The lowest BCUT2D eigenvalue weighted by Crippen LogP contribution is -2.20. The molecule has 1 aromatic rings. The number of ketones is 1. The molecule has 3 heteroatoms. The van der Waals surface area contributed by atoms with Crippen LogP contribution in [0.15, 0.2) is 6.07 Å². The smallest absolute Gasteiger partial charge is 0.168 e. The first-order chi connectivity index (χ1) is 6.18. The van der Waals surface area contributed by atoms with E-state index in [1.807, 2.05) is 19.9 Å². The van der Waals surface area contributed by atoms with Gasteiger partial charge in [0, 0.05) is 18.7 Å². The van der Waals surface area contributed by atoms with Gasteiger partial charge >= 0.3 is 0 Å². The molecule has 1 aliphatic rings. The number of rotatable bonds is 0. The normalized spacial score (nSPS) is 15.1. The number of hydrogen-bond donors (Lipinski definition) is 1. The zero-order valence-electron chi connectivity index (χ0n) is 7.85. The third-order valence-corrected chi connectivity index (χ3v) is 2.27. The molecule has 1 aromatic heterocycles. The fraction of sp³-hybridized carbons (Fsp3) is 0.400. The summed E-state index contributed by atoms with van der Waals surface area (Å²) >= 11 is 0. The summed E-state index contributed by atoms with van der Waals surface area (Å²) in [6, 6.07) is 1.95. The SMILES string of the molecule is Cc1cc(C)c2c(n1)NCCC2=O. The van der Waals surface area contributed by atoms with Crippen LogP contribution >= 0.6 is 0 Å². The van der Waals surface area contributed by atoms with E-state index in [4.69, 9.17) is 0 Å². The Bertz CT molecular complexity index is 371. The van der Waals surface area contributed by atoms with Gasteiger partial charge in [-0.15, -0.1) is 0 Å². The molecule has 0 aliphatic carbocycles. The number of anilines is 1. The molecule has 0 spiro atoms. The molecule has 0 unspecified atom stereocenters. The maximum absolute atomic E-state index is 11.5. The van der Waals surface area contributed by atoms with Crippen molar-refractivity contribution in [3.05, 3.63) is 22.9 Å². The second-order valence-corrected chi connectivity index (χ2v) is 3.40. The van der Waals surface area contributed by atoms with Gasteiger partial charge in [0.15, 0.2) is 5.78 Å². The van der Waals surface area contributed by atoms with Crippen LogP contribution in [0, 0.1) is 13.8 Å². The predicted molar refractivity (Wildman–Crippen MR) is 51.1 cm³/mol. The van der Waals surface area contributed by atoms with Crippen LogP contribution in [-0.4, -0.2) is 17.3 Å². The number of aryl methyl sites for hydroxylation is 2. The van der Waals surface area contributed by atoms with Crippen molar-refractivity contribution in [1.29, 1.82) is 0 Å². The van der Waals surface area contributed by atoms with Crippen molar-refractivity contribution in [2.45, 2.75) is 20.3 Å². The molecule has 0 saturated carbocycles. The van der Waals surface area contributed by atoms with E-state index in [1.165, 1.54) is 0 Å². The number of carbonyl (C=O) groups excluding carboxylic acids is 1. The van der Waals surface area contributed by atoms with E-state index in [1.54, 1.807) is 0 Å². The maximum Gasteiger partial charge on any atom is 0.168 e. The van der Waals surface area contributed by atoms with Gasteiger partial charge in [-0.1, -0.05) is 0 Å². The van der Waals surface area contributed by atoms with Crippen LogP contribution in [0.3, 0.4) is 0 Å². The zero-order valence-corrected chi connectivity index (χ0v) is 7.85. The molecule has 13 heavy (non-hydrogen) atoms. The quantitative estimate of drug-likeness (QED) is 0.654. The average molecular weight is 176 g/mol. The number of nitrogens with zero attached hydrogens (tertiary/aromatic N) is 1. The van der Waals surface area contributed by atoms with Crippen molar-refractivity contribution in [3.8, 4) is 0 Å². The number of pyridine rings is 1. The van der Waals surface area contributed by atoms with E-state index < -0.39 is 0 Å². The van der Waals surface area contributed by atoms with Gasteiger partial charge in [-0.2, -0.15) is 0 Å². The Morgan fingerprint density at radius 3 is 3.00 bits per heavy atom. The molecule has 0 saturated heterocycles. The van der Waals surface area contributed by atoms with Crippen LogP contribution < -0.4 is 5.32 Å². The fourth-order valence-corrected chi connectivity index (χ4v) is 1.74. The van der Waals surface area contributed by atoms with Gasteiger partial charge in [0.2, 0.25) is 0 Å². The van der Waals surface area contributed by atoms with Crippen LogP contribution in [0.2, 0.25) is 0 Å². The first-order valence-corrected chi connectivity index (χ1v) is 4.44. The van der Waals surface area contributed by atoms with Crippen LogP contribution in [-0.2, 0) is 0 Å². The molecular formula is C10H12N2O. The van der Waals surface area contributed by atoms with Gasteiger partial charge in [0.1, 0.15) is 5.82 Å². The summed E-state index contributed by atoms with van der Waals surface area (Å²) in [5.74, 6) is 0.965. The number of Topliss-reactive ketones (excluding diaryl/α,β-unsaturated/α-hetero) is 1. The van der Waals surface area contributed by atoms with E-state index >= 15 is 0 Å². The lowest BCUT2D eigenvalue weighted by atomic mass is 10.0. The Kier molecular flexibility index (Phi) is 1.79. The molecule has 3 nitrogen and oxygen atoms in total. The van der Waals surface area contributed by atoms with Crippen LogP contribution in [0.1, 0.15) is 28.0 Å². The van der Waals surface area contributed by atoms with Gasteiger partial charge < -0.3 is 5.32 Å². The third kappa shape index (κ3) is 1.30. The molecule has 0 radical (unpaired) electrons. The van der Waals surface area contributed by atoms with E-state index in [0.717, 1.165) is 22.6 Å². The van der Waals surface area contributed by atoms with Crippen molar-refractivity contribution < 1.29 is 4.79 Å². The van der Waals surface area contributed by atoms with E-state index in [2.05, 4.69) is 10.3 Å². The molecule has 1 aliphatic heterocycles. The fourth-order valence-electron chi connectivity index (χ4n) is 1.74. The van der Waals surface area contributed by atoms with E-state index in [0.29, 0.717) is 13.0 Å². The molecule has 0 fully saturated rings. The first-order valence-electron chi connectivity index (χ1n) is 4.44. The predicted octanol–water partition coefficient (Wildman–Crippen LogP) is 1.70. The minimum Gasteiger partial charge on any atom is -0.369 e. The molecular weight excluding hydrogens is 164 g/mol. The van der Waals surface area contributed by atoms with E-state index in [9.17, 15) is 4.79 Å². The minimum absolute atomic E-state index is 0.207. The standard InChI is InChI=1S/C10H12N2O/c1-6-5-7(2)12-10-9(6)8(13)3-4-11-10/h5H,3-4H2,1-2H3,(H,11,12). The van der Waals surface area contributed by atoms with Crippen molar-refractivity contribution in [2.24, 2.45) is 0 Å². The Morgan fingerprint density at radius 2 is 2.23 bits per heavy atom.